The Kier molecular flexibility index (Phi) is 7.63. The van der Waals surface area contributed by atoms with Crippen molar-refractivity contribution >= 4 is 92.0 Å². The van der Waals surface area contributed by atoms with Crippen LogP contribution in [0.3, 0.4) is 0 Å². The Bertz CT molecular complexity index is 156. The monoisotopic (exact) mass is 173 g/mol. The Morgan fingerprint density at radius 2 is 1.20 bits per heavy atom. The average molecular weight is 171 g/mol. The van der Waals surface area contributed by atoms with Gasteiger partial charge < -0.3 is 0 Å². The third-order valence-corrected chi connectivity index (χ3v) is 2.77. The molecule has 0 heterocycles. The Labute approximate surface area is 106 Å². The molecule has 0 nitrogen and oxygen atoms in total. The largest absolute Gasteiger partial charge is 0.101 e. The molecule has 13 heteroatoms. The van der Waals surface area contributed by atoms with E-state index in [0.29, 0.717) is 0 Å². The smallest absolute Gasteiger partial charge is 0.0502 e. The molecule has 0 unspecified atom stereocenters. The summed E-state index contributed by atoms with van der Waals surface area (Å²) in [6, 6.07) is 0. The van der Waals surface area contributed by atoms with E-state index in [2.05, 4.69) is 0 Å². The maximum atomic E-state index is 5.91. The zero-order chi connectivity index (χ0) is 12.2. The molecule has 0 amide bonds. The van der Waals surface area contributed by atoms with Crippen LogP contribution in [0.15, 0.2) is 0 Å². The highest BCUT2D eigenvalue weighted by molar-refractivity contribution is 8.09. The van der Waals surface area contributed by atoms with E-state index in [1.807, 2.05) is 20.8 Å². The molecule has 0 rings (SSSR count). The van der Waals surface area contributed by atoms with Crippen molar-refractivity contribution in [2.45, 2.75) is 13.6 Å². The van der Waals surface area contributed by atoms with E-state index in [4.69, 9.17) is 46.4 Å². The van der Waals surface area contributed by atoms with Gasteiger partial charge in [0.05, 0.1) is 7.17 Å². The summed E-state index contributed by atoms with van der Waals surface area (Å²) in [6.45, 7) is 3.48. The second-order valence-electron chi connectivity index (χ2n) is 4.08. The molecule has 0 N–H and O–H groups in total. The van der Waals surface area contributed by atoms with Crippen molar-refractivity contribution in [1.29, 1.82) is 0 Å². The Morgan fingerprint density at radius 1 is 0.800 bits per heavy atom. The highest BCUT2D eigenvalue weighted by atomic mass is 13.2. The maximum absolute atomic E-state index is 5.91. The van der Waals surface area contributed by atoms with Gasteiger partial charge in [-0.15, -0.1) is 13.6 Å². The van der Waals surface area contributed by atoms with Crippen LogP contribution in [-0.4, -0.2) is 92.0 Å². The first-order valence-corrected chi connectivity index (χ1v) is 5.15. The summed E-state index contributed by atoms with van der Waals surface area (Å²) in [5.41, 5.74) is 0. The van der Waals surface area contributed by atoms with Gasteiger partial charge in [0.1, 0.15) is 0 Å². The lowest BCUT2D eigenvalue weighted by Gasteiger charge is -2.35. The Hall–Kier alpha value is 0.844. The van der Waals surface area contributed by atoms with Gasteiger partial charge in [-0.2, -0.15) is 0 Å². The second-order valence-corrected chi connectivity index (χ2v) is 4.08. The van der Waals surface area contributed by atoms with Gasteiger partial charge in [-0.1, -0.05) is 0 Å². The lowest BCUT2D eigenvalue weighted by atomic mass is 8.48. The van der Waals surface area contributed by atoms with Crippen LogP contribution in [0.25, 0.3) is 0 Å². The summed E-state index contributed by atoms with van der Waals surface area (Å²) in [7, 11) is 36.3. The zero-order valence-electron chi connectivity index (χ0n) is 9.51. The van der Waals surface area contributed by atoms with Crippen LogP contribution < -0.4 is 0 Å². The van der Waals surface area contributed by atoms with Crippen molar-refractivity contribution in [3.63, 3.8) is 0 Å². The fraction of sp³-hybridized carbons (Fsp3) is 1.00. The highest BCUT2D eigenvalue weighted by Crippen LogP contribution is 2.00. The minimum absolute atomic E-state index is 0.198. The summed E-state index contributed by atoms with van der Waals surface area (Å²) < 4.78 is 0. The quantitative estimate of drug-likeness (QED) is 0.359. The zero-order valence-corrected chi connectivity index (χ0v) is 9.51. The molecular weight excluding hydrogens is 165 g/mol. The molecule has 0 aliphatic rings. The molecule has 0 aromatic carbocycles. The summed E-state index contributed by atoms with van der Waals surface area (Å²) in [6.07, 6.45) is -1.82. The summed E-state index contributed by atoms with van der Waals surface area (Å²) in [5, 5.41) is 0. The SMILES string of the molecule is [B]B([B])B(B([B])C)B(B([B])[B])B([B])[B]C. The summed E-state index contributed by atoms with van der Waals surface area (Å²) in [5.74, 6) is 0. The molecule has 13 radical (unpaired) electrons. The van der Waals surface area contributed by atoms with Crippen LogP contribution in [0.2, 0.25) is 13.6 Å². The van der Waals surface area contributed by atoms with Crippen LogP contribution in [0.4, 0.5) is 0 Å². The van der Waals surface area contributed by atoms with Crippen LogP contribution in [0, 0.1) is 0 Å². The van der Waals surface area contributed by atoms with E-state index in [1.54, 1.807) is 0 Å². The van der Waals surface area contributed by atoms with Gasteiger partial charge in [0.25, 0.3) is 0 Å². The standard InChI is InChI=1S/C2H6B13/c1-9-13(8)15(12(6)7)14(10(2)3)11(4)5/h1-2H3. The van der Waals surface area contributed by atoms with Crippen LogP contribution >= 0.6 is 0 Å². The van der Waals surface area contributed by atoms with Gasteiger partial charge in [-0.25, -0.2) is 0 Å². The third kappa shape index (κ3) is 4.69. The molecule has 15 heavy (non-hydrogen) atoms. The van der Waals surface area contributed by atoms with Crippen LogP contribution in [0.1, 0.15) is 0 Å². The molecule has 0 saturated heterocycles. The first kappa shape index (κ1) is 15.8. The Morgan fingerprint density at radius 3 is 1.40 bits per heavy atom. The van der Waals surface area contributed by atoms with Crippen molar-refractivity contribution in [3.05, 3.63) is 0 Å². The van der Waals surface area contributed by atoms with Crippen molar-refractivity contribution < 1.29 is 0 Å². The van der Waals surface area contributed by atoms with E-state index in [0.717, 1.165) is 0 Å². The molecule has 0 saturated carbocycles. The van der Waals surface area contributed by atoms with E-state index in [9.17, 15) is 0 Å². The molecule has 0 aliphatic carbocycles. The molecule has 0 bridgehead atoms. The second kappa shape index (κ2) is 7.22. The topological polar surface area (TPSA) is 0 Å². The lowest BCUT2D eigenvalue weighted by Crippen LogP contribution is -2.72. The van der Waals surface area contributed by atoms with E-state index < -0.39 is 12.8 Å². The van der Waals surface area contributed by atoms with E-state index in [-0.39, 0.29) is 25.6 Å². The minimum atomic E-state index is -0.582. The highest BCUT2D eigenvalue weighted by Gasteiger charge is 2.37. The lowest BCUT2D eigenvalue weighted by molar-refractivity contribution is 2.33. The van der Waals surface area contributed by atoms with Gasteiger partial charge in [0.15, 0.2) is 0 Å². The predicted molar refractivity (Wildman–Crippen MR) is 86.5 cm³/mol. The fourth-order valence-electron chi connectivity index (χ4n) is 1.95. The maximum Gasteiger partial charge on any atom is 0.0502 e. The normalized spacial score (nSPS) is 8.93. The molecule has 0 spiro atoms. The first-order chi connectivity index (χ1) is 6.82. The van der Waals surface area contributed by atoms with Crippen molar-refractivity contribution in [2.75, 3.05) is 0 Å². The van der Waals surface area contributed by atoms with Gasteiger partial charge in [0, 0.05) is 84.8 Å². The fourth-order valence-corrected chi connectivity index (χ4v) is 1.95. The van der Waals surface area contributed by atoms with Crippen LogP contribution in [0.5, 0.6) is 0 Å². The van der Waals surface area contributed by atoms with Crippen molar-refractivity contribution in [1.82, 2.24) is 0 Å². The van der Waals surface area contributed by atoms with Gasteiger partial charge in [0.2, 0.25) is 0 Å². The van der Waals surface area contributed by atoms with E-state index in [1.165, 1.54) is 0 Å². The minimum Gasteiger partial charge on any atom is -0.101 e. The van der Waals surface area contributed by atoms with E-state index >= 15 is 0 Å². The molecule has 0 fully saturated rings. The van der Waals surface area contributed by atoms with Gasteiger partial charge in [-0.3, -0.25) is 0 Å². The van der Waals surface area contributed by atoms with Gasteiger partial charge >= 0.3 is 0 Å². The van der Waals surface area contributed by atoms with Crippen LogP contribution in [-0.2, 0) is 0 Å². The first-order valence-electron chi connectivity index (χ1n) is 5.15. The third-order valence-electron chi connectivity index (χ3n) is 2.77. The molecule has 0 atom stereocenters. The average Bonchev–Trinajstić information content (AvgIpc) is 2.10. The molecular formula is C2H6B13. The number of hydrogen-bond acceptors (Lipinski definition) is 0. The molecule has 53 valence electrons. The Balaban J connectivity index is 4.84. The van der Waals surface area contributed by atoms with Crippen molar-refractivity contribution in [2.24, 2.45) is 0 Å². The molecule has 0 aromatic heterocycles. The number of hydrogen-bond donors (Lipinski definition) is 0. The summed E-state index contributed by atoms with van der Waals surface area (Å²) in [4.78, 5) is 0. The van der Waals surface area contributed by atoms with Crippen molar-refractivity contribution in [3.8, 4) is 0 Å². The number of rotatable bonds is 6. The van der Waals surface area contributed by atoms with Gasteiger partial charge in [-0.05, 0) is 0 Å². The summed E-state index contributed by atoms with van der Waals surface area (Å²) >= 11 is 0. The molecule has 0 aromatic rings. The predicted octanol–water partition coefficient (Wildman–Crippen LogP) is -3.78. The molecule has 0 aliphatic heterocycles.